The maximum absolute atomic E-state index is 13.3. The molecule has 2 aromatic heterocycles. The third-order valence-corrected chi connectivity index (χ3v) is 5.12. The van der Waals surface area contributed by atoms with Gasteiger partial charge in [-0.3, -0.25) is 0 Å². The molecule has 2 aromatic rings. The number of hydrogen-bond acceptors (Lipinski definition) is 2. The predicted octanol–water partition coefficient (Wildman–Crippen LogP) is 4.84. The molecule has 0 saturated heterocycles. The van der Waals surface area contributed by atoms with Gasteiger partial charge in [-0.1, -0.05) is 6.92 Å². The van der Waals surface area contributed by atoms with Gasteiger partial charge in [0.1, 0.15) is 11.2 Å². The van der Waals surface area contributed by atoms with Crippen molar-refractivity contribution in [1.29, 1.82) is 0 Å². The molecule has 0 fully saturated rings. The van der Waals surface area contributed by atoms with Crippen LogP contribution in [0, 0.1) is 5.82 Å². The molecular weight excluding hydrogens is 251 g/mol. The average molecular weight is 261 g/mol. The zero-order chi connectivity index (χ0) is 10.8. The van der Waals surface area contributed by atoms with Crippen molar-refractivity contribution in [2.75, 3.05) is 0 Å². The largest absolute Gasteiger partial charge is 0.206 e. The van der Waals surface area contributed by atoms with E-state index in [-0.39, 0.29) is 11.2 Å². The van der Waals surface area contributed by atoms with Crippen LogP contribution in [-0.4, -0.2) is 0 Å². The van der Waals surface area contributed by atoms with Gasteiger partial charge in [0.15, 0.2) is 0 Å². The van der Waals surface area contributed by atoms with Crippen molar-refractivity contribution in [2.24, 2.45) is 0 Å². The van der Waals surface area contributed by atoms with Crippen LogP contribution in [0.2, 0.25) is 0 Å². The van der Waals surface area contributed by atoms with Crippen molar-refractivity contribution in [2.45, 2.75) is 18.7 Å². The van der Waals surface area contributed by atoms with Gasteiger partial charge in [-0.05, 0) is 30.0 Å². The van der Waals surface area contributed by atoms with Gasteiger partial charge in [-0.2, -0.15) is 0 Å². The molecule has 1 unspecified atom stereocenters. The molecule has 2 rings (SSSR count). The maximum atomic E-state index is 13.3. The summed E-state index contributed by atoms with van der Waals surface area (Å²) in [4.78, 5) is 2.92. The fourth-order valence-corrected chi connectivity index (χ4v) is 3.58. The molecule has 4 heteroatoms. The maximum Gasteiger partial charge on any atom is 0.138 e. The monoisotopic (exact) mass is 260 g/mol. The predicted molar refractivity (Wildman–Crippen MR) is 65.7 cm³/mol. The number of aryl methyl sites for hydroxylation is 1. The zero-order valence-corrected chi connectivity index (χ0v) is 10.6. The highest BCUT2D eigenvalue weighted by Crippen LogP contribution is 2.37. The van der Waals surface area contributed by atoms with E-state index in [1.54, 1.807) is 16.7 Å². The van der Waals surface area contributed by atoms with Gasteiger partial charge < -0.3 is 0 Å². The number of thiophene rings is 2. The first-order chi connectivity index (χ1) is 7.22. The molecule has 0 spiro atoms. The fourth-order valence-electron chi connectivity index (χ4n) is 1.34. The van der Waals surface area contributed by atoms with E-state index in [9.17, 15) is 4.39 Å². The molecule has 0 aromatic carbocycles. The molecule has 15 heavy (non-hydrogen) atoms. The molecule has 2 heterocycles. The van der Waals surface area contributed by atoms with Crippen LogP contribution >= 0.6 is 34.3 Å². The Morgan fingerprint density at radius 2 is 2.20 bits per heavy atom. The van der Waals surface area contributed by atoms with Crippen LogP contribution in [0.3, 0.4) is 0 Å². The van der Waals surface area contributed by atoms with Crippen molar-refractivity contribution >= 4 is 34.3 Å². The van der Waals surface area contributed by atoms with Crippen molar-refractivity contribution in [3.63, 3.8) is 0 Å². The minimum atomic E-state index is -0.338. The smallest absolute Gasteiger partial charge is 0.138 e. The Balaban J connectivity index is 2.28. The molecule has 0 bridgehead atoms. The first kappa shape index (κ1) is 11.1. The summed E-state index contributed by atoms with van der Waals surface area (Å²) in [6, 6.07) is 5.50. The summed E-state index contributed by atoms with van der Waals surface area (Å²) >= 11 is 9.25. The summed E-state index contributed by atoms with van der Waals surface area (Å²) < 4.78 is 13.3. The summed E-state index contributed by atoms with van der Waals surface area (Å²) in [5.41, 5.74) is 0. The summed E-state index contributed by atoms with van der Waals surface area (Å²) in [5.74, 6) is -0.202. The Hall–Kier alpha value is -0.380. The van der Waals surface area contributed by atoms with E-state index in [1.165, 1.54) is 22.3 Å². The molecule has 0 saturated carbocycles. The Morgan fingerprint density at radius 1 is 1.40 bits per heavy atom. The second kappa shape index (κ2) is 4.64. The molecule has 1 atom stereocenters. The summed E-state index contributed by atoms with van der Waals surface area (Å²) in [5, 5.41) is 1.39. The zero-order valence-electron chi connectivity index (χ0n) is 8.17. The second-order valence-electron chi connectivity index (χ2n) is 3.15. The van der Waals surface area contributed by atoms with Crippen LogP contribution < -0.4 is 0 Å². The van der Waals surface area contributed by atoms with E-state index in [0.717, 1.165) is 11.3 Å². The summed E-state index contributed by atoms with van der Waals surface area (Å²) in [6.07, 6.45) is 1.00. The average Bonchev–Trinajstić information content (AvgIpc) is 2.84. The van der Waals surface area contributed by atoms with Gasteiger partial charge in [0.25, 0.3) is 0 Å². The van der Waals surface area contributed by atoms with Crippen molar-refractivity contribution in [1.82, 2.24) is 0 Å². The lowest BCUT2D eigenvalue weighted by atomic mass is 10.3. The Labute approximate surface area is 101 Å². The van der Waals surface area contributed by atoms with E-state index in [4.69, 9.17) is 11.6 Å². The Bertz CT molecular complexity index is 447. The molecule has 0 amide bonds. The van der Waals surface area contributed by atoms with Crippen LogP contribution in [0.4, 0.5) is 4.39 Å². The van der Waals surface area contributed by atoms with Crippen LogP contribution in [-0.2, 0) is 6.42 Å². The number of rotatable bonds is 3. The van der Waals surface area contributed by atoms with Crippen molar-refractivity contribution in [3.05, 3.63) is 44.0 Å². The standard InChI is InChI=1S/C11H10ClFS2/c1-2-7-3-4-9(15-7)10(12)11-8(13)5-6-14-11/h3-6,10H,2H2,1H3. The van der Waals surface area contributed by atoms with Gasteiger partial charge in [-0.25, -0.2) is 4.39 Å². The van der Waals surface area contributed by atoms with Crippen LogP contribution in [0.15, 0.2) is 23.6 Å². The quantitative estimate of drug-likeness (QED) is 0.693. The normalized spacial score (nSPS) is 13.0. The molecule has 0 radical (unpaired) electrons. The topological polar surface area (TPSA) is 0 Å². The summed E-state index contributed by atoms with van der Waals surface area (Å²) in [7, 11) is 0. The molecular formula is C11H10ClFS2. The Morgan fingerprint density at radius 3 is 2.73 bits per heavy atom. The minimum Gasteiger partial charge on any atom is -0.206 e. The lowest BCUT2D eigenvalue weighted by Gasteiger charge is -2.03. The molecule has 0 aliphatic carbocycles. The van der Waals surface area contributed by atoms with E-state index in [2.05, 4.69) is 13.0 Å². The number of hydrogen-bond donors (Lipinski definition) is 0. The lowest BCUT2D eigenvalue weighted by Crippen LogP contribution is -1.88. The third-order valence-electron chi connectivity index (χ3n) is 2.16. The van der Waals surface area contributed by atoms with E-state index >= 15 is 0 Å². The van der Waals surface area contributed by atoms with Crippen LogP contribution in [0.25, 0.3) is 0 Å². The van der Waals surface area contributed by atoms with E-state index in [0.29, 0.717) is 4.88 Å². The number of halogens is 2. The molecule has 0 aliphatic heterocycles. The lowest BCUT2D eigenvalue weighted by molar-refractivity contribution is 0.621. The molecule has 0 N–H and O–H groups in total. The Kier molecular flexibility index (Phi) is 3.44. The highest BCUT2D eigenvalue weighted by molar-refractivity contribution is 7.13. The van der Waals surface area contributed by atoms with Gasteiger partial charge >= 0.3 is 0 Å². The van der Waals surface area contributed by atoms with Crippen LogP contribution in [0.5, 0.6) is 0 Å². The van der Waals surface area contributed by atoms with Gasteiger partial charge in [0.05, 0.1) is 4.88 Å². The van der Waals surface area contributed by atoms with Gasteiger partial charge in [0, 0.05) is 9.75 Å². The van der Waals surface area contributed by atoms with Crippen LogP contribution in [0.1, 0.15) is 26.9 Å². The van der Waals surface area contributed by atoms with Crippen molar-refractivity contribution in [3.8, 4) is 0 Å². The SMILES string of the molecule is CCc1ccc(C(Cl)c2sccc2F)s1. The number of alkyl halides is 1. The van der Waals surface area contributed by atoms with E-state index in [1.807, 2.05) is 6.07 Å². The first-order valence-electron chi connectivity index (χ1n) is 4.68. The minimum absolute atomic E-state index is 0.202. The molecule has 0 aliphatic rings. The molecule has 80 valence electrons. The van der Waals surface area contributed by atoms with Crippen molar-refractivity contribution < 1.29 is 4.39 Å². The highest BCUT2D eigenvalue weighted by Gasteiger charge is 2.18. The highest BCUT2D eigenvalue weighted by atomic mass is 35.5. The van der Waals surface area contributed by atoms with Gasteiger partial charge in [0.2, 0.25) is 0 Å². The third kappa shape index (κ3) is 2.25. The summed E-state index contributed by atoms with van der Waals surface area (Å²) in [6.45, 7) is 2.10. The van der Waals surface area contributed by atoms with E-state index < -0.39 is 0 Å². The second-order valence-corrected chi connectivity index (χ2v) is 5.74. The first-order valence-corrected chi connectivity index (χ1v) is 6.81. The fraction of sp³-hybridized carbons (Fsp3) is 0.273. The van der Waals surface area contributed by atoms with Gasteiger partial charge in [-0.15, -0.1) is 34.3 Å². The molecule has 0 nitrogen and oxygen atoms in total.